The molecule has 38 heavy (non-hydrogen) atoms. The van der Waals surface area contributed by atoms with Crippen LogP contribution in [0.25, 0.3) is 16.5 Å². The highest BCUT2D eigenvalue weighted by atomic mass is 35.5. The first kappa shape index (κ1) is 27.3. The van der Waals surface area contributed by atoms with Gasteiger partial charge in [-0.25, -0.2) is 19.2 Å². The average Bonchev–Trinajstić information content (AvgIpc) is 2.87. The summed E-state index contributed by atoms with van der Waals surface area (Å²) in [5, 5.41) is 15.0. The highest BCUT2D eigenvalue weighted by Crippen LogP contribution is 2.45. The number of nitrogens with one attached hydrogen (secondary N) is 1. The number of anilines is 2. The molecule has 3 aromatic rings. The van der Waals surface area contributed by atoms with Crippen molar-refractivity contribution < 1.29 is 23.6 Å². The number of rotatable bonds is 5. The number of fused-ring (bicyclic) bond motifs is 1. The van der Waals surface area contributed by atoms with Crippen LogP contribution in [0.5, 0.6) is 5.75 Å². The fraction of sp³-hybridized carbons (Fsp3) is 0.320. The maximum absolute atomic E-state index is 14.8. The molecule has 13 heteroatoms. The minimum absolute atomic E-state index is 0.00492. The molecular formula is C25H24Cl2FN5O5. The van der Waals surface area contributed by atoms with Crippen molar-refractivity contribution in [3.05, 3.63) is 62.1 Å². The maximum Gasteiger partial charge on any atom is 0.410 e. The van der Waals surface area contributed by atoms with Gasteiger partial charge in [0.2, 0.25) is 0 Å². The monoisotopic (exact) mass is 563 g/mol. The van der Waals surface area contributed by atoms with Gasteiger partial charge in [0, 0.05) is 19.2 Å². The Morgan fingerprint density at radius 2 is 2.00 bits per heavy atom. The molecule has 0 spiro atoms. The number of nitro benzene ring substituents is 1. The van der Waals surface area contributed by atoms with E-state index in [2.05, 4.69) is 15.3 Å². The zero-order valence-electron chi connectivity index (χ0n) is 21.0. The molecule has 0 radical (unpaired) electrons. The minimum atomic E-state index is -0.834. The predicted molar refractivity (Wildman–Crippen MR) is 143 cm³/mol. The fourth-order valence-corrected chi connectivity index (χ4v) is 4.38. The number of halogens is 3. The quantitative estimate of drug-likeness (QED) is 0.205. The summed E-state index contributed by atoms with van der Waals surface area (Å²) in [4.78, 5) is 34.3. The Balaban J connectivity index is 1.83. The van der Waals surface area contributed by atoms with Crippen LogP contribution in [0.4, 0.5) is 26.4 Å². The summed E-state index contributed by atoms with van der Waals surface area (Å²) in [6.45, 7) is 5.79. The number of methoxy groups -OCH3 is 1. The van der Waals surface area contributed by atoms with Crippen LogP contribution in [0.2, 0.25) is 10.0 Å². The van der Waals surface area contributed by atoms with Crippen LogP contribution >= 0.6 is 23.2 Å². The number of hydrogen-bond donors (Lipinski definition) is 1. The molecule has 2 aromatic carbocycles. The van der Waals surface area contributed by atoms with Gasteiger partial charge in [0.05, 0.1) is 38.8 Å². The van der Waals surface area contributed by atoms with E-state index in [1.54, 1.807) is 32.9 Å². The summed E-state index contributed by atoms with van der Waals surface area (Å²) in [6.07, 6.45) is 2.75. The van der Waals surface area contributed by atoms with Gasteiger partial charge in [0.25, 0.3) is 5.69 Å². The zero-order chi connectivity index (χ0) is 27.8. The van der Waals surface area contributed by atoms with E-state index in [-0.39, 0.29) is 62.5 Å². The molecule has 0 fully saturated rings. The third kappa shape index (κ3) is 5.44. The molecule has 4 rings (SSSR count). The standard InChI is InChI=1S/C25H24Cl2FN5O5/c1-25(2,3)38-24(34)32-9-7-13(8-10-32)18-17(37-4)11-16-19(22(18)33(35)36)23(30-12-29-16)31-15-6-5-14(26)20(27)21(15)28/h5-7,11-12H,8-10H2,1-4H3,(H,29,30,31). The summed E-state index contributed by atoms with van der Waals surface area (Å²) >= 11 is 11.8. The van der Waals surface area contributed by atoms with Gasteiger partial charge in [-0.15, -0.1) is 0 Å². The molecule has 1 aliphatic rings. The lowest BCUT2D eigenvalue weighted by molar-refractivity contribution is -0.383. The molecular weight excluding hydrogens is 540 g/mol. The normalized spacial score (nSPS) is 13.8. The number of carbonyl (C=O) groups is 1. The number of amides is 1. The Hall–Kier alpha value is -3.70. The van der Waals surface area contributed by atoms with Crippen molar-refractivity contribution in [1.29, 1.82) is 0 Å². The van der Waals surface area contributed by atoms with Crippen molar-refractivity contribution in [3.8, 4) is 5.75 Å². The summed E-state index contributed by atoms with van der Waals surface area (Å²) < 4.78 is 25.7. The van der Waals surface area contributed by atoms with Gasteiger partial charge < -0.3 is 19.7 Å². The van der Waals surface area contributed by atoms with Crippen LogP contribution in [0.3, 0.4) is 0 Å². The molecule has 0 saturated heterocycles. The highest BCUT2D eigenvalue weighted by molar-refractivity contribution is 6.42. The molecule has 0 bridgehead atoms. The van der Waals surface area contributed by atoms with Crippen LogP contribution in [0.15, 0.2) is 30.6 Å². The predicted octanol–water partition coefficient (Wildman–Crippen LogP) is 6.76. The van der Waals surface area contributed by atoms with Gasteiger partial charge in [0.15, 0.2) is 5.82 Å². The summed E-state index contributed by atoms with van der Waals surface area (Å²) in [5.41, 5.74) is -0.0107. The third-order valence-corrected chi connectivity index (χ3v) is 6.52. The second-order valence-corrected chi connectivity index (χ2v) is 10.2. The van der Waals surface area contributed by atoms with Gasteiger partial charge >= 0.3 is 6.09 Å². The molecule has 0 aliphatic carbocycles. The van der Waals surface area contributed by atoms with E-state index in [4.69, 9.17) is 32.7 Å². The Labute approximate surface area is 227 Å². The molecule has 1 N–H and O–H groups in total. The highest BCUT2D eigenvalue weighted by Gasteiger charge is 2.32. The molecule has 0 unspecified atom stereocenters. The third-order valence-electron chi connectivity index (χ3n) is 5.74. The van der Waals surface area contributed by atoms with Gasteiger partial charge in [-0.1, -0.05) is 29.3 Å². The second kappa shape index (κ2) is 10.6. The van der Waals surface area contributed by atoms with E-state index in [1.165, 1.54) is 30.5 Å². The lowest BCUT2D eigenvalue weighted by atomic mass is 9.94. The lowest BCUT2D eigenvalue weighted by Gasteiger charge is -2.30. The number of aromatic nitrogens is 2. The van der Waals surface area contributed by atoms with Crippen molar-refractivity contribution in [1.82, 2.24) is 14.9 Å². The molecule has 0 atom stereocenters. The molecule has 1 aromatic heterocycles. The van der Waals surface area contributed by atoms with Crippen LogP contribution in [-0.2, 0) is 4.74 Å². The summed E-state index contributed by atoms with van der Waals surface area (Å²) in [7, 11) is 1.40. The molecule has 1 aliphatic heterocycles. The molecule has 200 valence electrons. The van der Waals surface area contributed by atoms with E-state index >= 15 is 0 Å². The van der Waals surface area contributed by atoms with Crippen molar-refractivity contribution in [3.63, 3.8) is 0 Å². The van der Waals surface area contributed by atoms with Crippen molar-refractivity contribution in [2.24, 2.45) is 0 Å². The van der Waals surface area contributed by atoms with Crippen LogP contribution < -0.4 is 10.1 Å². The first-order valence-electron chi connectivity index (χ1n) is 11.5. The SMILES string of the molecule is COc1cc2ncnc(Nc3ccc(Cl)c(Cl)c3F)c2c([N+](=O)[O-])c1C1=CCN(C(=O)OC(C)(C)C)CC1. The summed E-state index contributed by atoms with van der Waals surface area (Å²) in [5.74, 6) is -0.610. The number of ether oxygens (including phenoxy) is 2. The maximum atomic E-state index is 14.8. The number of hydrogen-bond acceptors (Lipinski definition) is 8. The van der Waals surface area contributed by atoms with E-state index in [0.29, 0.717) is 12.0 Å². The van der Waals surface area contributed by atoms with Crippen LogP contribution in [0.1, 0.15) is 32.8 Å². The fourth-order valence-electron chi connectivity index (χ4n) is 4.07. The van der Waals surface area contributed by atoms with Crippen LogP contribution in [-0.4, -0.2) is 51.7 Å². The second-order valence-electron chi connectivity index (χ2n) is 9.43. The van der Waals surface area contributed by atoms with Crippen LogP contribution in [0, 0.1) is 15.9 Å². The molecule has 0 saturated carbocycles. The van der Waals surface area contributed by atoms with E-state index in [9.17, 15) is 19.3 Å². The number of benzene rings is 2. The number of carbonyl (C=O) groups excluding carboxylic acids is 1. The number of nitro groups is 1. The minimum Gasteiger partial charge on any atom is -0.496 e. The Bertz CT molecular complexity index is 1470. The first-order valence-corrected chi connectivity index (χ1v) is 12.2. The average molecular weight is 564 g/mol. The van der Waals surface area contributed by atoms with Gasteiger partial charge in [-0.3, -0.25) is 10.1 Å². The van der Waals surface area contributed by atoms with Gasteiger partial charge in [-0.05, 0) is 44.9 Å². The smallest absolute Gasteiger partial charge is 0.410 e. The van der Waals surface area contributed by atoms with Gasteiger partial charge in [-0.2, -0.15) is 0 Å². The van der Waals surface area contributed by atoms with Crippen molar-refractivity contribution >= 4 is 63.0 Å². The van der Waals surface area contributed by atoms with Crippen molar-refractivity contribution in [2.75, 3.05) is 25.5 Å². The Kier molecular flexibility index (Phi) is 7.61. The molecule has 1 amide bonds. The zero-order valence-corrected chi connectivity index (χ0v) is 22.5. The first-order chi connectivity index (χ1) is 17.9. The molecule has 10 nitrogen and oxygen atoms in total. The van der Waals surface area contributed by atoms with Gasteiger partial charge in [0.1, 0.15) is 28.9 Å². The number of nitrogens with zero attached hydrogens (tertiary/aromatic N) is 4. The Morgan fingerprint density at radius 1 is 1.26 bits per heavy atom. The largest absolute Gasteiger partial charge is 0.496 e. The molecule has 2 heterocycles. The van der Waals surface area contributed by atoms with Crippen molar-refractivity contribution in [2.45, 2.75) is 32.8 Å². The topological polar surface area (TPSA) is 120 Å². The van der Waals surface area contributed by atoms with E-state index in [1.807, 2.05) is 0 Å². The van der Waals surface area contributed by atoms with E-state index < -0.39 is 22.4 Å². The summed E-state index contributed by atoms with van der Waals surface area (Å²) in [6, 6.07) is 4.30. The lowest BCUT2D eigenvalue weighted by Crippen LogP contribution is -2.39. The van der Waals surface area contributed by atoms with E-state index in [0.717, 1.165) is 0 Å². The Morgan fingerprint density at radius 3 is 2.61 bits per heavy atom.